The topological polar surface area (TPSA) is 0 Å². The van der Waals surface area contributed by atoms with Gasteiger partial charge in [-0.1, -0.05) is 117 Å². The van der Waals surface area contributed by atoms with Crippen LogP contribution in [0.2, 0.25) is 0 Å². The molecule has 0 atom stereocenters. The molecule has 0 N–H and O–H groups in total. The summed E-state index contributed by atoms with van der Waals surface area (Å²) in [5.74, 6) is 0. The first-order valence-electron chi connectivity index (χ1n) is 13.6. The van der Waals surface area contributed by atoms with Crippen LogP contribution in [0.1, 0.15) is 116 Å². The summed E-state index contributed by atoms with van der Waals surface area (Å²) >= 11 is 0. The highest BCUT2D eigenvalue weighted by Gasteiger charge is 2.42. The Balaban J connectivity index is 1.82. The fraction of sp³-hybridized carbons (Fsp3) is 0.515. The van der Waals surface area contributed by atoms with Crippen molar-refractivity contribution in [3.63, 3.8) is 0 Å². The Morgan fingerprint density at radius 1 is 0.697 bits per heavy atom. The first kappa shape index (κ1) is 25.5. The Labute approximate surface area is 204 Å². The fourth-order valence-corrected chi connectivity index (χ4v) is 5.79. The largest absolute Gasteiger partial charge is 0.0887 e. The molecule has 0 fully saturated rings. The molecule has 0 saturated carbocycles. The molecule has 0 aliphatic heterocycles. The molecule has 0 spiro atoms. The van der Waals surface area contributed by atoms with Crippen molar-refractivity contribution in [2.75, 3.05) is 0 Å². The van der Waals surface area contributed by atoms with Gasteiger partial charge in [-0.05, 0) is 81.5 Å². The second-order valence-electron chi connectivity index (χ2n) is 10.2. The average Bonchev–Trinajstić information content (AvgIpc) is 3.13. The third kappa shape index (κ3) is 6.28. The molecular weight excluding hydrogens is 396 g/mol. The lowest BCUT2D eigenvalue weighted by molar-refractivity contribution is 0.437. The molecule has 0 unspecified atom stereocenters. The molecule has 0 bridgehead atoms. The van der Waals surface area contributed by atoms with Crippen LogP contribution < -0.4 is 0 Å². The molecule has 0 amide bonds. The maximum atomic E-state index is 2.43. The van der Waals surface area contributed by atoms with Gasteiger partial charge >= 0.3 is 0 Å². The smallest absolute Gasteiger partial charge is 0.0252 e. The van der Waals surface area contributed by atoms with E-state index in [0.717, 1.165) is 0 Å². The Hall–Kier alpha value is -2.08. The summed E-state index contributed by atoms with van der Waals surface area (Å²) in [4.78, 5) is 0. The van der Waals surface area contributed by atoms with E-state index in [-0.39, 0.29) is 5.41 Å². The van der Waals surface area contributed by atoms with Crippen LogP contribution in [-0.4, -0.2) is 0 Å². The van der Waals surface area contributed by atoms with Crippen LogP contribution in [-0.2, 0) is 5.41 Å². The zero-order valence-corrected chi connectivity index (χ0v) is 21.8. The maximum absolute atomic E-state index is 2.43. The maximum Gasteiger partial charge on any atom is 0.0252 e. The van der Waals surface area contributed by atoms with Crippen LogP contribution in [0.15, 0.2) is 71.8 Å². The minimum Gasteiger partial charge on any atom is -0.0887 e. The summed E-state index contributed by atoms with van der Waals surface area (Å²) in [6, 6.07) is 18.5. The molecule has 0 nitrogen and oxygen atoms in total. The Bertz CT molecular complexity index is 881. The molecule has 2 aromatic rings. The van der Waals surface area contributed by atoms with Crippen molar-refractivity contribution in [1.82, 2.24) is 0 Å². The van der Waals surface area contributed by atoms with Crippen molar-refractivity contribution >= 4 is 0 Å². The van der Waals surface area contributed by atoms with Gasteiger partial charge in [-0.25, -0.2) is 0 Å². The highest BCUT2D eigenvalue weighted by Crippen LogP contribution is 2.54. The van der Waals surface area contributed by atoms with E-state index in [1.165, 1.54) is 93.7 Å². The number of hydrogen-bond acceptors (Lipinski definition) is 0. The molecule has 0 radical (unpaired) electrons. The predicted molar refractivity (Wildman–Crippen MR) is 147 cm³/mol. The zero-order chi connectivity index (χ0) is 23.5. The van der Waals surface area contributed by atoms with Gasteiger partial charge in [-0.15, -0.1) is 0 Å². The van der Waals surface area contributed by atoms with Gasteiger partial charge in [0.2, 0.25) is 0 Å². The van der Waals surface area contributed by atoms with Gasteiger partial charge in [0.1, 0.15) is 0 Å². The van der Waals surface area contributed by atoms with Crippen molar-refractivity contribution in [3.8, 4) is 11.1 Å². The average molecular weight is 443 g/mol. The number of hydrogen-bond donors (Lipinski definition) is 0. The summed E-state index contributed by atoms with van der Waals surface area (Å²) in [6.45, 7) is 8.99. The molecule has 0 aromatic heterocycles. The molecule has 0 saturated heterocycles. The first-order chi connectivity index (χ1) is 16.2. The molecular formula is C33H46. The van der Waals surface area contributed by atoms with Gasteiger partial charge < -0.3 is 0 Å². The number of benzene rings is 2. The van der Waals surface area contributed by atoms with Gasteiger partial charge in [-0.2, -0.15) is 0 Å². The standard InChI is InChI=1S/C33H46/c1-5-8-9-13-20-28(7-3)26-33(25-18-11-10-12-19-27(4)6-2)31-23-16-14-21-29(31)30-22-15-17-24-32(30)33/h6-7,14-17,21-24H,5,8-13,18-20,25-26H2,1-4H3. The minimum absolute atomic E-state index is 0.138. The lowest BCUT2D eigenvalue weighted by atomic mass is 9.69. The second-order valence-corrected chi connectivity index (χ2v) is 10.2. The molecule has 2 aromatic carbocycles. The number of allylic oxidation sites excluding steroid dienone is 4. The van der Waals surface area contributed by atoms with Crippen LogP contribution in [0.25, 0.3) is 11.1 Å². The lowest BCUT2D eigenvalue weighted by Crippen LogP contribution is -2.26. The first-order valence-corrected chi connectivity index (χ1v) is 13.6. The van der Waals surface area contributed by atoms with Gasteiger partial charge in [0.25, 0.3) is 0 Å². The van der Waals surface area contributed by atoms with Crippen molar-refractivity contribution in [2.45, 2.75) is 110 Å². The van der Waals surface area contributed by atoms with Crippen molar-refractivity contribution in [3.05, 3.63) is 83.0 Å². The van der Waals surface area contributed by atoms with Crippen LogP contribution in [0.4, 0.5) is 0 Å². The van der Waals surface area contributed by atoms with Gasteiger partial charge in [0.05, 0.1) is 0 Å². The zero-order valence-electron chi connectivity index (χ0n) is 21.8. The fourth-order valence-electron chi connectivity index (χ4n) is 5.79. The van der Waals surface area contributed by atoms with Crippen LogP contribution >= 0.6 is 0 Å². The monoisotopic (exact) mass is 442 g/mol. The number of unbranched alkanes of at least 4 members (excludes halogenated alkanes) is 6. The van der Waals surface area contributed by atoms with Crippen molar-refractivity contribution in [2.24, 2.45) is 0 Å². The quantitative estimate of drug-likeness (QED) is 0.201. The molecule has 178 valence electrons. The Morgan fingerprint density at radius 2 is 1.27 bits per heavy atom. The highest BCUT2D eigenvalue weighted by molar-refractivity contribution is 5.81. The van der Waals surface area contributed by atoms with Gasteiger partial charge in [0, 0.05) is 5.41 Å². The van der Waals surface area contributed by atoms with E-state index in [4.69, 9.17) is 0 Å². The van der Waals surface area contributed by atoms with Crippen LogP contribution in [0.3, 0.4) is 0 Å². The van der Waals surface area contributed by atoms with Crippen LogP contribution in [0.5, 0.6) is 0 Å². The summed E-state index contributed by atoms with van der Waals surface area (Å²) in [5.41, 5.74) is 9.41. The Morgan fingerprint density at radius 3 is 1.88 bits per heavy atom. The SMILES string of the molecule is CC=C(C)CCCCCCC1(CC(=CC)CCCCCC)c2ccccc2-c2ccccc21. The van der Waals surface area contributed by atoms with E-state index in [0.29, 0.717) is 0 Å². The van der Waals surface area contributed by atoms with Crippen molar-refractivity contribution < 1.29 is 0 Å². The summed E-state index contributed by atoms with van der Waals surface area (Å²) in [5, 5.41) is 0. The molecule has 3 rings (SSSR count). The minimum atomic E-state index is 0.138. The summed E-state index contributed by atoms with van der Waals surface area (Å²) in [6.07, 6.45) is 20.3. The van der Waals surface area contributed by atoms with E-state index < -0.39 is 0 Å². The van der Waals surface area contributed by atoms with Crippen molar-refractivity contribution in [1.29, 1.82) is 0 Å². The highest BCUT2D eigenvalue weighted by atomic mass is 14.4. The second kappa shape index (κ2) is 13.0. The van der Waals surface area contributed by atoms with E-state index in [1.807, 2.05) is 0 Å². The van der Waals surface area contributed by atoms with E-state index in [2.05, 4.69) is 88.4 Å². The molecule has 0 heteroatoms. The van der Waals surface area contributed by atoms with Gasteiger partial charge in [-0.3, -0.25) is 0 Å². The normalized spacial score (nSPS) is 14.9. The third-order valence-corrected chi connectivity index (χ3v) is 7.88. The predicted octanol–water partition coefficient (Wildman–Crippen LogP) is 10.6. The lowest BCUT2D eigenvalue weighted by Gasteiger charge is -2.34. The number of rotatable bonds is 14. The molecule has 33 heavy (non-hydrogen) atoms. The summed E-state index contributed by atoms with van der Waals surface area (Å²) in [7, 11) is 0. The Kier molecular flexibility index (Phi) is 10.0. The summed E-state index contributed by atoms with van der Waals surface area (Å²) < 4.78 is 0. The molecule has 1 aliphatic carbocycles. The van der Waals surface area contributed by atoms with E-state index in [1.54, 1.807) is 16.7 Å². The van der Waals surface area contributed by atoms with Gasteiger partial charge in [0.15, 0.2) is 0 Å². The van der Waals surface area contributed by atoms with E-state index in [9.17, 15) is 0 Å². The van der Waals surface area contributed by atoms with E-state index >= 15 is 0 Å². The number of fused-ring (bicyclic) bond motifs is 3. The van der Waals surface area contributed by atoms with Crippen LogP contribution in [0, 0.1) is 0 Å². The third-order valence-electron chi connectivity index (χ3n) is 7.88. The molecule has 0 heterocycles. The molecule has 1 aliphatic rings.